The molecular formula is C18H21N3O5. The average Bonchev–Trinajstić information content (AvgIpc) is 2.64. The Labute approximate surface area is 151 Å². The van der Waals surface area contributed by atoms with E-state index in [9.17, 15) is 9.59 Å². The summed E-state index contributed by atoms with van der Waals surface area (Å²) in [6, 6.07) is 10.3. The summed E-state index contributed by atoms with van der Waals surface area (Å²) < 4.78 is 10.9. The lowest BCUT2D eigenvalue weighted by Crippen LogP contribution is -2.35. The highest BCUT2D eigenvalue weighted by molar-refractivity contribution is 5.74. The van der Waals surface area contributed by atoms with Gasteiger partial charge in [0.15, 0.2) is 0 Å². The zero-order chi connectivity index (χ0) is 18.8. The van der Waals surface area contributed by atoms with Crippen LogP contribution in [0.25, 0.3) is 0 Å². The second kappa shape index (κ2) is 9.87. The van der Waals surface area contributed by atoms with Gasteiger partial charge in [0.25, 0.3) is 0 Å². The molecule has 0 fully saturated rings. The lowest BCUT2D eigenvalue weighted by Gasteiger charge is -2.12. The average molecular weight is 359 g/mol. The molecule has 2 aromatic rings. The molecule has 0 radical (unpaired) electrons. The van der Waals surface area contributed by atoms with E-state index in [-0.39, 0.29) is 19.0 Å². The monoisotopic (exact) mass is 359 g/mol. The van der Waals surface area contributed by atoms with E-state index in [2.05, 4.69) is 15.6 Å². The van der Waals surface area contributed by atoms with Crippen LogP contribution in [-0.4, -0.2) is 35.7 Å². The number of carbonyl (C=O) groups excluding carboxylic acids is 1. The number of hydrogen-bond donors (Lipinski definition) is 3. The molecule has 0 unspecified atom stereocenters. The molecule has 2 rings (SSSR count). The van der Waals surface area contributed by atoms with Crippen LogP contribution in [-0.2, 0) is 11.3 Å². The van der Waals surface area contributed by atoms with Crippen molar-refractivity contribution in [3.8, 4) is 17.4 Å². The molecule has 0 aliphatic carbocycles. The van der Waals surface area contributed by atoms with E-state index >= 15 is 0 Å². The second-order valence-electron chi connectivity index (χ2n) is 5.36. The van der Waals surface area contributed by atoms with Crippen LogP contribution in [0.1, 0.15) is 18.4 Å². The third-order valence-electron chi connectivity index (χ3n) is 3.40. The van der Waals surface area contributed by atoms with E-state index < -0.39 is 5.97 Å². The molecule has 138 valence electrons. The number of benzene rings is 1. The van der Waals surface area contributed by atoms with Crippen LogP contribution in [0.15, 0.2) is 42.6 Å². The molecule has 1 aromatic carbocycles. The molecule has 8 heteroatoms. The van der Waals surface area contributed by atoms with E-state index in [1.165, 1.54) is 0 Å². The van der Waals surface area contributed by atoms with Crippen LogP contribution < -0.4 is 20.1 Å². The molecule has 8 nitrogen and oxygen atoms in total. The van der Waals surface area contributed by atoms with Gasteiger partial charge in [-0.1, -0.05) is 12.1 Å². The lowest BCUT2D eigenvalue weighted by atomic mass is 10.2. The number of carboxylic acids is 1. The van der Waals surface area contributed by atoms with Crippen LogP contribution in [0.2, 0.25) is 0 Å². The molecule has 0 aliphatic heterocycles. The fraction of sp³-hybridized carbons (Fsp3) is 0.278. The zero-order valence-electron chi connectivity index (χ0n) is 14.4. The van der Waals surface area contributed by atoms with Gasteiger partial charge in [-0.15, -0.1) is 0 Å². The molecular weight excluding hydrogens is 338 g/mol. The number of urea groups is 1. The number of carboxylic acid groups (broad SMARTS) is 1. The Kier molecular flexibility index (Phi) is 7.23. The zero-order valence-corrected chi connectivity index (χ0v) is 14.4. The smallest absolute Gasteiger partial charge is 0.315 e. The molecule has 0 bridgehead atoms. The van der Waals surface area contributed by atoms with E-state index in [0.717, 1.165) is 0 Å². The molecule has 3 N–H and O–H groups in total. The minimum absolute atomic E-state index is 0.0153. The minimum atomic E-state index is -0.887. The predicted octanol–water partition coefficient (Wildman–Crippen LogP) is 2.55. The highest BCUT2D eigenvalue weighted by Crippen LogP contribution is 2.25. The maximum absolute atomic E-state index is 11.8. The van der Waals surface area contributed by atoms with Gasteiger partial charge in [0.2, 0.25) is 5.88 Å². The van der Waals surface area contributed by atoms with Gasteiger partial charge in [0.05, 0.1) is 7.11 Å². The summed E-state index contributed by atoms with van der Waals surface area (Å²) in [5.41, 5.74) is 0.705. The summed E-state index contributed by atoms with van der Waals surface area (Å²) in [4.78, 5) is 26.4. The van der Waals surface area contributed by atoms with Crippen molar-refractivity contribution < 1.29 is 24.2 Å². The third kappa shape index (κ3) is 6.31. The topological polar surface area (TPSA) is 110 Å². The summed E-state index contributed by atoms with van der Waals surface area (Å²) in [5.74, 6) is 0.732. The second-order valence-corrected chi connectivity index (χ2v) is 5.36. The summed E-state index contributed by atoms with van der Waals surface area (Å²) >= 11 is 0. The number of hydrogen-bond acceptors (Lipinski definition) is 5. The van der Waals surface area contributed by atoms with E-state index in [4.69, 9.17) is 14.6 Å². The molecule has 0 saturated carbocycles. The van der Waals surface area contributed by atoms with Crippen LogP contribution in [0.4, 0.5) is 4.79 Å². The van der Waals surface area contributed by atoms with Crippen LogP contribution in [0, 0.1) is 0 Å². The Balaban J connectivity index is 1.90. The number of pyridine rings is 1. The highest BCUT2D eigenvalue weighted by Gasteiger charge is 2.09. The number of nitrogens with one attached hydrogen (secondary N) is 2. The number of ether oxygens (including phenoxy) is 2. The molecule has 0 spiro atoms. The number of aliphatic carboxylic acids is 1. The first-order valence-corrected chi connectivity index (χ1v) is 8.08. The first-order chi connectivity index (χ1) is 12.6. The number of aromatic nitrogens is 1. The summed E-state index contributed by atoms with van der Waals surface area (Å²) in [6.07, 6.45) is 1.99. The van der Waals surface area contributed by atoms with Gasteiger partial charge < -0.3 is 25.2 Å². The number of carbonyl (C=O) groups is 2. The van der Waals surface area contributed by atoms with E-state index in [1.807, 2.05) is 6.07 Å². The van der Waals surface area contributed by atoms with Crippen molar-refractivity contribution in [1.29, 1.82) is 0 Å². The molecule has 1 aromatic heterocycles. The quantitative estimate of drug-likeness (QED) is 0.594. The number of methoxy groups -OCH3 is 1. The normalized spacial score (nSPS) is 10.0. The Morgan fingerprint density at radius 1 is 1.15 bits per heavy atom. The molecule has 0 aliphatic rings. The first-order valence-electron chi connectivity index (χ1n) is 8.08. The van der Waals surface area contributed by atoms with Crippen molar-refractivity contribution in [2.75, 3.05) is 13.7 Å². The summed E-state index contributed by atoms with van der Waals surface area (Å²) in [6.45, 7) is 0.510. The van der Waals surface area contributed by atoms with Gasteiger partial charge in [0.1, 0.15) is 11.5 Å². The van der Waals surface area contributed by atoms with Crippen molar-refractivity contribution in [1.82, 2.24) is 15.6 Å². The summed E-state index contributed by atoms with van der Waals surface area (Å²) in [5, 5.41) is 13.9. The number of amides is 2. The van der Waals surface area contributed by atoms with Gasteiger partial charge >= 0.3 is 12.0 Å². The first kappa shape index (κ1) is 19.0. The minimum Gasteiger partial charge on any atom is -0.497 e. The molecule has 0 atom stereocenters. The Morgan fingerprint density at radius 2 is 1.96 bits per heavy atom. The van der Waals surface area contributed by atoms with Gasteiger partial charge in [-0.25, -0.2) is 9.78 Å². The van der Waals surface area contributed by atoms with Crippen molar-refractivity contribution in [2.45, 2.75) is 19.4 Å². The van der Waals surface area contributed by atoms with Gasteiger partial charge in [-0.05, 0) is 24.6 Å². The Bertz CT molecular complexity index is 751. The molecule has 2 amide bonds. The molecule has 0 saturated heterocycles. The van der Waals surface area contributed by atoms with Crippen molar-refractivity contribution >= 4 is 12.0 Å². The van der Waals surface area contributed by atoms with Crippen LogP contribution in [0.3, 0.4) is 0 Å². The summed E-state index contributed by atoms with van der Waals surface area (Å²) in [7, 11) is 1.57. The third-order valence-corrected chi connectivity index (χ3v) is 3.40. The van der Waals surface area contributed by atoms with Crippen molar-refractivity contribution in [2.24, 2.45) is 0 Å². The number of rotatable bonds is 9. The molecule has 26 heavy (non-hydrogen) atoms. The van der Waals surface area contributed by atoms with Crippen LogP contribution in [0.5, 0.6) is 17.4 Å². The van der Waals surface area contributed by atoms with Crippen molar-refractivity contribution in [3.63, 3.8) is 0 Å². The SMILES string of the molecule is COc1cccc(Oc2ncccc2CNC(=O)NCCCC(=O)O)c1. The fourth-order valence-electron chi connectivity index (χ4n) is 2.11. The predicted molar refractivity (Wildman–Crippen MR) is 94.4 cm³/mol. The van der Waals surface area contributed by atoms with Crippen molar-refractivity contribution in [3.05, 3.63) is 48.2 Å². The van der Waals surface area contributed by atoms with E-state index in [0.29, 0.717) is 35.9 Å². The largest absolute Gasteiger partial charge is 0.497 e. The Hall–Kier alpha value is -3.29. The lowest BCUT2D eigenvalue weighted by molar-refractivity contribution is -0.137. The maximum Gasteiger partial charge on any atom is 0.315 e. The van der Waals surface area contributed by atoms with E-state index in [1.54, 1.807) is 43.6 Å². The maximum atomic E-state index is 11.8. The number of nitrogens with zero attached hydrogens (tertiary/aromatic N) is 1. The fourth-order valence-corrected chi connectivity index (χ4v) is 2.11. The van der Waals surface area contributed by atoms with Crippen LogP contribution >= 0.6 is 0 Å². The highest BCUT2D eigenvalue weighted by atomic mass is 16.5. The standard InChI is InChI=1S/C18H21N3O5/c1-25-14-6-2-7-15(11-14)26-17-13(5-3-9-19-17)12-21-18(24)20-10-4-8-16(22)23/h2-3,5-7,9,11H,4,8,10,12H2,1H3,(H,22,23)(H2,20,21,24). The van der Waals surface area contributed by atoms with Gasteiger partial charge in [0, 0.05) is 37.3 Å². The Morgan fingerprint density at radius 3 is 2.73 bits per heavy atom. The van der Waals surface area contributed by atoms with Gasteiger partial charge in [-0.2, -0.15) is 0 Å². The molecule has 1 heterocycles. The van der Waals surface area contributed by atoms with Gasteiger partial charge in [-0.3, -0.25) is 4.79 Å².